The summed E-state index contributed by atoms with van der Waals surface area (Å²) < 4.78 is 33.0. The molecular formula is C22H20F2N2O2S. The van der Waals surface area contributed by atoms with Crippen LogP contribution in [0.5, 0.6) is 5.75 Å². The quantitative estimate of drug-likeness (QED) is 0.447. The maximum atomic E-state index is 14.0. The van der Waals surface area contributed by atoms with Crippen molar-refractivity contribution in [3.8, 4) is 5.75 Å². The molecular weight excluding hydrogens is 394 g/mol. The summed E-state index contributed by atoms with van der Waals surface area (Å²) in [5.74, 6) is 0.0638. The van der Waals surface area contributed by atoms with E-state index in [9.17, 15) is 13.6 Å². The minimum atomic E-state index is -0.650. The van der Waals surface area contributed by atoms with Crippen molar-refractivity contribution in [2.75, 3.05) is 12.9 Å². The van der Waals surface area contributed by atoms with Crippen LogP contribution >= 0.6 is 11.8 Å². The summed E-state index contributed by atoms with van der Waals surface area (Å²) >= 11 is 1.34. The molecule has 1 heterocycles. The highest BCUT2D eigenvalue weighted by atomic mass is 32.2. The van der Waals surface area contributed by atoms with Gasteiger partial charge in [-0.05, 0) is 36.8 Å². The van der Waals surface area contributed by atoms with Gasteiger partial charge in [-0.25, -0.2) is 13.8 Å². The van der Waals surface area contributed by atoms with Gasteiger partial charge in [-0.15, -0.1) is 0 Å². The second-order valence-electron chi connectivity index (χ2n) is 6.31. The molecule has 29 heavy (non-hydrogen) atoms. The molecule has 7 heteroatoms. The van der Waals surface area contributed by atoms with Crippen molar-refractivity contribution in [3.63, 3.8) is 0 Å². The summed E-state index contributed by atoms with van der Waals surface area (Å²) in [6, 6.07) is 11.3. The molecule has 0 amide bonds. The number of halogens is 2. The van der Waals surface area contributed by atoms with E-state index < -0.39 is 11.6 Å². The molecule has 150 valence electrons. The van der Waals surface area contributed by atoms with Crippen molar-refractivity contribution in [1.29, 1.82) is 0 Å². The first-order valence-electron chi connectivity index (χ1n) is 8.94. The molecule has 4 nitrogen and oxygen atoms in total. The van der Waals surface area contributed by atoms with Crippen molar-refractivity contribution >= 4 is 17.8 Å². The van der Waals surface area contributed by atoms with Gasteiger partial charge >= 0.3 is 0 Å². The van der Waals surface area contributed by atoms with E-state index in [1.807, 2.05) is 36.4 Å². The molecule has 0 spiro atoms. The van der Waals surface area contributed by atoms with Gasteiger partial charge in [-0.2, -0.15) is 0 Å². The molecule has 0 aliphatic heterocycles. The monoisotopic (exact) mass is 414 g/mol. The number of methoxy groups -OCH3 is 1. The average Bonchev–Trinajstić information content (AvgIpc) is 2.72. The molecule has 1 N–H and O–H groups in total. The number of hydrogen-bond acceptors (Lipinski definition) is 4. The van der Waals surface area contributed by atoms with E-state index in [4.69, 9.17) is 4.74 Å². The van der Waals surface area contributed by atoms with E-state index in [1.54, 1.807) is 14.0 Å². The number of nitrogens with one attached hydrogen (secondary N) is 1. The number of nitrogens with zero attached hydrogens (tertiary/aromatic N) is 1. The van der Waals surface area contributed by atoms with E-state index in [0.29, 0.717) is 22.2 Å². The number of H-pyrrole nitrogens is 1. The number of ether oxygens (including phenoxy) is 1. The largest absolute Gasteiger partial charge is 0.497 e. The second-order valence-corrected chi connectivity index (χ2v) is 7.32. The van der Waals surface area contributed by atoms with Gasteiger partial charge in [0.15, 0.2) is 5.16 Å². The highest BCUT2D eigenvalue weighted by Crippen LogP contribution is 2.19. The minimum Gasteiger partial charge on any atom is -0.497 e. The number of benzene rings is 2. The topological polar surface area (TPSA) is 55.0 Å². The summed E-state index contributed by atoms with van der Waals surface area (Å²) in [6.07, 6.45) is 3.82. The van der Waals surface area contributed by atoms with Crippen LogP contribution < -0.4 is 10.3 Å². The Morgan fingerprint density at radius 1 is 1.14 bits per heavy atom. The minimum absolute atomic E-state index is 0.0799. The first kappa shape index (κ1) is 20.8. The fraction of sp³-hybridized carbons (Fsp3) is 0.182. The molecule has 2 aromatic carbocycles. The van der Waals surface area contributed by atoms with Gasteiger partial charge in [0.05, 0.1) is 12.8 Å². The fourth-order valence-electron chi connectivity index (χ4n) is 2.69. The number of rotatable bonds is 7. The number of hydrogen-bond donors (Lipinski definition) is 1. The van der Waals surface area contributed by atoms with Crippen LogP contribution in [0.4, 0.5) is 8.78 Å². The summed E-state index contributed by atoms with van der Waals surface area (Å²) in [5, 5.41) is 0.409. The Balaban J connectivity index is 1.71. The van der Waals surface area contributed by atoms with E-state index in [0.717, 1.165) is 11.3 Å². The maximum Gasteiger partial charge on any atom is 0.254 e. The van der Waals surface area contributed by atoms with Crippen molar-refractivity contribution in [1.82, 2.24) is 9.97 Å². The molecule has 0 aliphatic rings. The smallest absolute Gasteiger partial charge is 0.254 e. The van der Waals surface area contributed by atoms with Crippen molar-refractivity contribution < 1.29 is 13.5 Å². The molecule has 0 saturated heterocycles. The first-order valence-corrected chi connectivity index (χ1v) is 9.92. The Morgan fingerprint density at radius 2 is 1.83 bits per heavy atom. The summed E-state index contributed by atoms with van der Waals surface area (Å²) in [4.78, 5) is 19.3. The van der Waals surface area contributed by atoms with Gasteiger partial charge < -0.3 is 9.72 Å². The zero-order valence-electron chi connectivity index (χ0n) is 16.0. The lowest BCUT2D eigenvalue weighted by atomic mass is 10.1. The Kier molecular flexibility index (Phi) is 6.82. The highest BCUT2D eigenvalue weighted by Gasteiger charge is 2.14. The summed E-state index contributed by atoms with van der Waals surface area (Å²) in [7, 11) is 1.62. The molecule has 1 aromatic heterocycles. The molecule has 0 unspecified atom stereocenters. The van der Waals surface area contributed by atoms with Crippen LogP contribution in [0.25, 0.3) is 6.08 Å². The molecule has 3 rings (SSSR count). The van der Waals surface area contributed by atoms with E-state index >= 15 is 0 Å². The average molecular weight is 414 g/mol. The van der Waals surface area contributed by atoms with E-state index in [1.165, 1.54) is 30.0 Å². The van der Waals surface area contributed by atoms with Crippen molar-refractivity contribution in [2.45, 2.75) is 18.5 Å². The number of aromatic amines is 1. The SMILES string of the molecule is COc1ccc(/C=C/CSc2nc(Cc3c(F)cccc3F)c(C)c(=O)[nH]2)cc1. The number of thioether (sulfide) groups is 1. The van der Waals surface area contributed by atoms with Gasteiger partial charge in [0.2, 0.25) is 0 Å². The lowest BCUT2D eigenvalue weighted by Crippen LogP contribution is -2.16. The van der Waals surface area contributed by atoms with Gasteiger partial charge in [0.1, 0.15) is 17.4 Å². The predicted octanol–water partition coefficient (Wildman–Crippen LogP) is 4.76. The predicted molar refractivity (Wildman–Crippen MR) is 112 cm³/mol. The second kappa shape index (κ2) is 9.52. The van der Waals surface area contributed by atoms with Crippen LogP contribution in [0.1, 0.15) is 22.4 Å². The van der Waals surface area contributed by atoms with E-state index in [-0.39, 0.29) is 17.5 Å². The van der Waals surface area contributed by atoms with Crippen LogP contribution in [0.15, 0.2) is 58.5 Å². The zero-order valence-corrected chi connectivity index (χ0v) is 16.9. The Labute approximate surface area is 171 Å². The van der Waals surface area contributed by atoms with E-state index in [2.05, 4.69) is 9.97 Å². The summed E-state index contributed by atoms with van der Waals surface area (Å²) in [6.45, 7) is 1.60. The van der Waals surface area contributed by atoms with Crippen LogP contribution in [0.3, 0.4) is 0 Å². The summed E-state index contributed by atoms with van der Waals surface area (Å²) in [5.41, 5.74) is 1.33. The Hall–Kier alpha value is -2.93. The zero-order chi connectivity index (χ0) is 20.8. The molecule has 0 aliphatic carbocycles. The maximum absolute atomic E-state index is 14.0. The van der Waals surface area contributed by atoms with Gasteiger partial charge in [0.25, 0.3) is 5.56 Å². The third kappa shape index (κ3) is 5.32. The van der Waals surface area contributed by atoms with Crippen molar-refractivity contribution in [2.24, 2.45) is 0 Å². The molecule has 3 aromatic rings. The van der Waals surface area contributed by atoms with Gasteiger partial charge in [0, 0.05) is 23.3 Å². The van der Waals surface area contributed by atoms with Crippen LogP contribution in [0.2, 0.25) is 0 Å². The lowest BCUT2D eigenvalue weighted by Gasteiger charge is -2.08. The third-order valence-electron chi connectivity index (χ3n) is 4.38. The Morgan fingerprint density at radius 3 is 2.48 bits per heavy atom. The first-order chi connectivity index (χ1) is 14.0. The lowest BCUT2D eigenvalue weighted by molar-refractivity contribution is 0.415. The molecule has 0 atom stereocenters. The fourth-order valence-corrected chi connectivity index (χ4v) is 3.38. The molecule has 0 fully saturated rings. The third-order valence-corrected chi connectivity index (χ3v) is 5.20. The van der Waals surface area contributed by atoms with Crippen LogP contribution in [-0.2, 0) is 6.42 Å². The van der Waals surface area contributed by atoms with Crippen LogP contribution in [0, 0.1) is 18.6 Å². The Bertz CT molecular complexity index is 1060. The standard InChI is InChI=1S/C22H20F2N2O2S/c1-14-20(13-17-18(23)6-3-7-19(17)24)25-22(26-21(14)27)29-12-4-5-15-8-10-16(28-2)11-9-15/h3-11H,12-13H2,1-2H3,(H,25,26,27)/b5-4+. The highest BCUT2D eigenvalue weighted by molar-refractivity contribution is 7.99. The molecule has 0 bridgehead atoms. The molecule has 0 radical (unpaired) electrons. The van der Waals surface area contributed by atoms with Crippen molar-refractivity contribution in [3.05, 3.63) is 92.9 Å². The molecule has 0 saturated carbocycles. The number of aromatic nitrogens is 2. The normalized spacial score (nSPS) is 11.2. The van der Waals surface area contributed by atoms with Gasteiger partial charge in [-0.1, -0.05) is 42.1 Å². The van der Waals surface area contributed by atoms with Crippen LogP contribution in [-0.4, -0.2) is 22.8 Å². The van der Waals surface area contributed by atoms with Gasteiger partial charge in [-0.3, -0.25) is 4.79 Å².